The molecule has 5 heteroatoms. The molecule has 0 aliphatic carbocycles. The summed E-state index contributed by atoms with van der Waals surface area (Å²) < 4.78 is 5.32. The molecule has 3 aromatic rings. The van der Waals surface area contributed by atoms with Crippen LogP contribution in [0.1, 0.15) is 17.4 Å². The molecule has 0 atom stereocenters. The number of nitrogens with zero attached hydrogens (tertiary/aromatic N) is 2. The van der Waals surface area contributed by atoms with E-state index in [1.165, 1.54) is 16.9 Å². The number of aromatic nitrogens is 2. The molecule has 0 amide bonds. The highest BCUT2D eigenvalue weighted by atomic mass is 32.1. The smallest absolute Gasteiger partial charge is 0.261 e. The fraction of sp³-hybridized carbons (Fsp3) is 0.200. The van der Waals surface area contributed by atoms with Gasteiger partial charge in [-0.3, -0.25) is 0 Å². The van der Waals surface area contributed by atoms with Crippen molar-refractivity contribution in [2.24, 2.45) is 0 Å². The summed E-state index contributed by atoms with van der Waals surface area (Å²) >= 11 is 1.52. The van der Waals surface area contributed by atoms with Crippen LogP contribution in [-0.2, 0) is 6.42 Å². The van der Waals surface area contributed by atoms with Gasteiger partial charge in [0.05, 0.1) is 10.6 Å². The molecule has 2 heterocycles. The lowest BCUT2D eigenvalue weighted by Gasteiger charge is -1.97. The van der Waals surface area contributed by atoms with Gasteiger partial charge >= 0.3 is 0 Å². The van der Waals surface area contributed by atoms with E-state index in [1.807, 2.05) is 25.1 Å². The van der Waals surface area contributed by atoms with Crippen molar-refractivity contribution in [1.82, 2.24) is 10.1 Å². The Hall–Kier alpha value is -2.14. The highest BCUT2D eigenvalue weighted by Gasteiger charge is 2.15. The predicted octanol–water partition coefficient (Wildman–Crippen LogP) is 3.92. The summed E-state index contributed by atoms with van der Waals surface area (Å²) in [6.45, 7) is 4.13. The SMILES string of the molecule is CCc1ccc(-c2noc(-c3cc(C)sc3N)n2)cc1. The molecule has 102 valence electrons. The lowest BCUT2D eigenvalue weighted by molar-refractivity contribution is 0.432. The fourth-order valence-corrected chi connectivity index (χ4v) is 2.82. The summed E-state index contributed by atoms with van der Waals surface area (Å²) in [6.07, 6.45) is 1.02. The molecule has 0 aliphatic rings. The first-order valence-electron chi connectivity index (χ1n) is 6.46. The van der Waals surface area contributed by atoms with Gasteiger partial charge in [-0.2, -0.15) is 4.98 Å². The second-order valence-corrected chi connectivity index (χ2v) is 5.90. The Morgan fingerprint density at radius 2 is 2.00 bits per heavy atom. The maximum absolute atomic E-state index is 5.95. The first kappa shape index (κ1) is 12.9. The van der Waals surface area contributed by atoms with Crippen molar-refractivity contribution in [1.29, 1.82) is 0 Å². The molecule has 0 aliphatic heterocycles. The predicted molar refractivity (Wildman–Crippen MR) is 81.6 cm³/mol. The van der Waals surface area contributed by atoms with Gasteiger partial charge in [-0.15, -0.1) is 11.3 Å². The van der Waals surface area contributed by atoms with E-state index in [-0.39, 0.29) is 0 Å². The van der Waals surface area contributed by atoms with Crippen molar-refractivity contribution in [2.75, 3.05) is 5.73 Å². The van der Waals surface area contributed by atoms with Gasteiger partial charge in [0.2, 0.25) is 5.82 Å². The van der Waals surface area contributed by atoms with E-state index in [1.54, 1.807) is 0 Å². The molecule has 4 nitrogen and oxygen atoms in total. The molecule has 0 saturated carbocycles. The van der Waals surface area contributed by atoms with Gasteiger partial charge in [0.15, 0.2) is 0 Å². The van der Waals surface area contributed by atoms with Crippen molar-refractivity contribution in [3.63, 3.8) is 0 Å². The van der Waals surface area contributed by atoms with Crippen LogP contribution < -0.4 is 5.73 Å². The van der Waals surface area contributed by atoms with Crippen LogP contribution in [0.2, 0.25) is 0 Å². The molecule has 0 unspecified atom stereocenters. The van der Waals surface area contributed by atoms with Crippen LogP contribution in [-0.4, -0.2) is 10.1 Å². The molecule has 2 aromatic heterocycles. The number of anilines is 1. The molecule has 20 heavy (non-hydrogen) atoms. The van der Waals surface area contributed by atoms with E-state index in [0.29, 0.717) is 16.7 Å². The van der Waals surface area contributed by atoms with Gasteiger partial charge in [-0.05, 0) is 25.0 Å². The Bertz CT molecular complexity index is 728. The first-order chi connectivity index (χ1) is 9.67. The number of thiophene rings is 1. The summed E-state index contributed by atoms with van der Waals surface area (Å²) in [6, 6.07) is 10.1. The van der Waals surface area contributed by atoms with Crippen molar-refractivity contribution in [2.45, 2.75) is 20.3 Å². The standard InChI is InChI=1S/C15H15N3OS/c1-3-10-4-6-11(7-5-10)14-17-15(19-18-14)12-8-9(2)20-13(12)16/h4-8H,3,16H2,1-2H3. The Balaban J connectivity index is 1.95. The van der Waals surface area contributed by atoms with E-state index in [0.717, 1.165) is 22.4 Å². The van der Waals surface area contributed by atoms with Crippen molar-refractivity contribution < 1.29 is 4.52 Å². The molecule has 0 saturated heterocycles. The number of hydrogen-bond donors (Lipinski definition) is 1. The second kappa shape index (κ2) is 5.09. The first-order valence-corrected chi connectivity index (χ1v) is 7.28. The zero-order valence-electron chi connectivity index (χ0n) is 11.4. The number of aryl methyl sites for hydroxylation is 2. The van der Waals surface area contributed by atoms with Crippen LogP contribution in [0.4, 0.5) is 5.00 Å². The normalized spacial score (nSPS) is 10.9. The molecular formula is C15H15N3OS. The minimum absolute atomic E-state index is 0.474. The largest absolute Gasteiger partial charge is 0.390 e. The molecule has 2 N–H and O–H groups in total. The number of nitrogens with two attached hydrogens (primary N) is 1. The number of hydrogen-bond acceptors (Lipinski definition) is 5. The Kier molecular flexibility index (Phi) is 3.28. The number of nitrogen functional groups attached to an aromatic ring is 1. The highest BCUT2D eigenvalue weighted by molar-refractivity contribution is 7.16. The Morgan fingerprint density at radius 1 is 1.25 bits per heavy atom. The Labute approximate surface area is 121 Å². The molecule has 0 spiro atoms. The fourth-order valence-electron chi connectivity index (χ4n) is 2.04. The molecule has 3 rings (SSSR count). The van der Waals surface area contributed by atoms with Crippen molar-refractivity contribution in [3.8, 4) is 22.8 Å². The van der Waals surface area contributed by atoms with Crippen LogP contribution in [0, 0.1) is 6.92 Å². The lowest BCUT2D eigenvalue weighted by Crippen LogP contribution is -1.85. The summed E-state index contributed by atoms with van der Waals surface area (Å²) in [5.74, 6) is 1.06. The van der Waals surface area contributed by atoms with Gasteiger partial charge in [-0.1, -0.05) is 36.3 Å². The van der Waals surface area contributed by atoms with Crippen LogP contribution in [0.5, 0.6) is 0 Å². The van der Waals surface area contributed by atoms with Crippen LogP contribution in [0.25, 0.3) is 22.8 Å². The Morgan fingerprint density at radius 3 is 2.60 bits per heavy atom. The van der Waals surface area contributed by atoms with Gasteiger partial charge < -0.3 is 10.3 Å². The van der Waals surface area contributed by atoms with E-state index in [2.05, 4.69) is 29.2 Å². The average Bonchev–Trinajstić information content (AvgIpc) is 3.05. The molecule has 0 fully saturated rings. The minimum Gasteiger partial charge on any atom is -0.390 e. The molecule has 0 radical (unpaired) electrons. The van der Waals surface area contributed by atoms with E-state index >= 15 is 0 Å². The van der Waals surface area contributed by atoms with Crippen LogP contribution >= 0.6 is 11.3 Å². The van der Waals surface area contributed by atoms with Gasteiger partial charge in [0.1, 0.15) is 0 Å². The van der Waals surface area contributed by atoms with Crippen molar-refractivity contribution >= 4 is 16.3 Å². The monoisotopic (exact) mass is 285 g/mol. The third-order valence-corrected chi connectivity index (χ3v) is 4.04. The average molecular weight is 285 g/mol. The van der Waals surface area contributed by atoms with Crippen LogP contribution in [0.3, 0.4) is 0 Å². The summed E-state index contributed by atoms with van der Waals surface area (Å²) in [5, 5.41) is 4.74. The lowest BCUT2D eigenvalue weighted by atomic mass is 10.1. The maximum Gasteiger partial charge on any atom is 0.261 e. The van der Waals surface area contributed by atoms with Crippen LogP contribution in [0.15, 0.2) is 34.9 Å². The van der Waals surface area contributed by atoms with Crippen molar-refractivity contribution in [3.05, 3.63) is 40.8 Å². The van der Waals surface area contributed by atoms with Gasteiger partial charge in [0, 0.05) is 10.4 Å². The number of rotatable bonds is 3. The summed E-state index contributed by atoms with van der Waals surface area (Å²) in [4.78, 5) is 5.56. The third kappa shape index (κ3) is 2.32. The van der Waals surface area contributed by atoms with E-state index in [9.17, 15) is 0 Å². The quantitative estimate of drug-likeness (QED) is 0.792. The molecular weight excluding hydrogens is 270 g/mol. The summed E-state index contributed by atoms with van der Waals surface area (Å²) in [7, 11) is 0. The second-order valence-electron chi connectivity index (χ2n) is 4.61. The number of benzene rings is 1. The highest BCUT2D eigenvalue weighted by Crippen LogP contribution is 2.33. The molecule has 1 aromatic carbocycles. The topological polar surface area (TPSA) is 64.9 Å². The third-order valence-electron chi connectivity index (χ3n) is 3.16. The van der Waals surface area contributed by atoms with E-state index < -0.39 is 0 Å². The van der Waals surface area contributed by atoms with E-state index in [4.69, 9.17) is 10.3 Å². The zero-order chi connectivity index (χ0) is 14.1. The maximum atomic E-state index is 5.95. The van der Waals surface area contributed by atoms with Gasteiger partial charge in [0.25, 0.3) is 5.89 Å². The molecule has 0 bridgehead atoms. The minimum atomic E-state index is 0.474. The zero-order valence-corrected chi connectivity index (χ0v) is 12.2. The van der Waals surface area contributed by atoms with Gasteiger partial charge in [-0.25, -0.2) is 0 Å². The summed E-state index contributed by atoms with van der Waals surface area (Å²) in [5.41, 5.74) is 9.00.